The van der Waals surface area contributed by atoms with Crippen molar-refractivity contribution in [3.05, 3.63) is 18.0 Å². The number of hydrogen-bond acceptors (Lipinski definition) is 3. The highest BCUT2D eigenvalue weighted by molar-refractivity contribution is 5.03. The lowest BCUT2D eigenvalue weighted by Gasteiger charge is -2.33. The van der Waals surface area contributed by atoms with Crippen LogP contribution >= 0.6 is 0 Å². The number of nitrogens with one attached hydrogen (secondary N) is 1. The van der Waals surface area contributed by atoms with Crippen LogP contribution in [-0.2, 0) is 18.3 Å². The molecule has 1 N–H and O–H groups in total. The molecule has 3 rings (SSSR count). The number of hydrogen-bond donors (Lipinski definition) is 1. The molecule has 4 heteroatoms. The lowest BCUT2D eigenvalue weighted by Crippen LogP contribution is -2.34. The Labute approximate surface area is 115 Å². The topological polar surface area (TPSA) is 39.1 Å². The van der Waals surface area contributed by atoms with E-state index in [9.17, 15) is 0 Å². The first-order chi connectivity index (χ1) is 9.26. The van der Waals surface area contributed by atoms with Crippen molar-refractivity contribution in [3.63, 3.8) is 0 Å². The van der Waals surface area contributed by atoms with Gasteiger partial charge in [0.2, 0.25) is 0 Å². The number of aromatic nitrogens is 2. The van der Waals surface area contributed by atoms with E-state index in [1.165, 1.54) is 50.5 Å². The van der Waals surface area contributed by atoms with Crippen molar-refractivity contribution in [1.29, 1.82) is 0 Å². The van der Waals surface area contributed by atoms with Crippen LogP contribution < -0.4 is 5.32 Å². The summed E-state index contributed by atoms with van der Waals surface area (Å²) in [5.41, 5.74) is 1.49. The van der Waals surface area contributed by atoms with Gasteiger partial charge in [0, 0.05) is 31.9 Å². The molecule has 0 amide bonds. The second kappa shape index (κ2) is 5.63. The second-order valence-corrected chi connectivity index (χ2v) is 6.18. The summed E-state index contributed by atoms with van der Waals surface area (Å²) in [6.45, 7) is 1.86. The Bertz CT molecular complexity index is 409. The molecule has 1 aromatic heterocycles. The lowest BCUT2D eigenvalue weighted by atomic mass is 9.83. The summed E-state index contributed by atoms with van der Waals surface area (Å²) in [6.07, 6.45) is 13.6. The number of rotatable bonds is 4. The van der Waals surface area contributed by atoms with E-state index in [0.29, 0.717) is 6.10 Å². The van der Waals surface area contributed by atoms with Crippen LogP contribution in [0.1, 0.15) is 50.5 Å². The highest BCUT2D eigenvalue weighted by Gasteiger charge is 2.40. The maximum Gasteiger partial charge on any atom is 0.0708 e. The van der Waals surface area contributed by atoms with E-state index in [4.69, 9.17) is 4.74 Å². The van der Waals surface area contributed by atoms with E-state index in [2.05, 4.69) is 16.6 Å². The van der Waals surface area contributed by atoms with Crippen molar-refractivity contribution >= 4 is 0 Å². The normalized spacial score (nSPS) is 26.1. The monoisotopic (exact) mass is 263 g/mol. The molecular formula is C15H25N3O. The minimum Gasteiger partial charge on any atom is -0.370 e. The first-order valence-corrected chi connectivity index (χ1v) is 7.62. The highest BCUT2D eigenvalue weighted by Crippen LogP contribution is 2.41. The van der Waals surface area contributed by atoms with E-state index >= 15 is 0 Å². The van der Waals surface area contributed by atoms with Crippen molar-refractivity contribution in [3.8, 4) is 0 Å². The minimum absolute atomic E-state index is 0.249. The van der Waals surface area contributed by atoms with Gasteiger partial charge >= 0.3 is 0 Å². The first kappa shape index (κ1) is 13.1. The molecule has 106 valence electrons. The minimum atomic E-state index is 0.249. The van der Waals surface area contributed by atoms with Gasteiger partial charge in [-0.2, -0.15) is 5.10 Å². The molecule has 1 saturated carbocycles. The summed E-state index contributed by atoms with van der Waals surface area (Å²) in [7, 11) is 1.95. The van der Waals surface area contributed by atoms with E-state index < -0.39 is 0 Å². The smallest absolute Gasteiger partial charge is 0.0708 e. The second-order valence-electron chi connectivity index (χ2n) is 6.18. The summed E-state index contributed by atoms with van der Waals surface area (Å²) < 4.78 is 8.20. The predicted molar refractivity (Wildman–Crippen MR) is 74.8 cm³/mol. The van der Waals surface area contributed by atoms with Gasteiger partial charge in [0.15, 0.2) is 0 Å². The number of aryl methyl sites for hydroxylation is 1. The maximum atomic E-state index is 6.35. The summed E-state index contributed by atoms with van der Waals surface area (Å²) in [6, 6.07) is 0. The van der Waals surface area contributed by atoms with Gasteiger partial charge in [-0.3, -0.25) is 4.68 Å². The number of ether oxygens (including phenoxy) is 1. The zero-order chi connectivity index (χ0) is 13.1. The molecule has 1 unspecified atom stereocenters. The van der Waals surface area contributed by atoms with Gasteiger partial charge in [0.1, 0.15) is 0 Å². The molecule has 2 fully saturated rings. The Morgan fingerprint density at radius 1 is 1.37 bits per heavy atom. The van der Waals surface area contributed by atoms with E-state index in [1.807, 2.05) is 17.9 Å². The molecule has 4 nitrogen and oxygen atoms in total. The van der Waals surface area contributed by atoms with Crippen LogP contribution in [0, 0.1) is 0 Å². The molecular weight excluding hydrogens is 238 g/mol. The molecule has 0 radical (unpaired) electrons. The molecule has 2 aliphatic rings. The van der Waals surface area contributed by atoms with E-state index in [0.717, 1.165) is 13.1 Å². The molecule has 1 aliphatic heterocycles. The highest BCUT2D eigenvalue weighted by atomic mass is 16.5. The third-order valence-electron chi connectivity index (χ3n) is 4.56. The molecule has 1 saturated heterocycles. The Morgan fingerprint density at radius 3 is 2.95 bits per heavy atom. The van der Waals surface area contributed by atoms with Crippen molar-refractivity contribution in [2.75, 3.05) is 6.54 Å². The fraction of sp³-hybridized carbons (Fsp3) is 0.800. The molecule has 1 aromatic rings. The Kier molecular flexibility index (Phi) is 3.89. The van der Waals surface area contributed by atoms with Gasteiger partial charge in [-0.1, -0.05) is 19.3 Å². The molecule has 1 atom stereocenters. The first-order valence-electron chi connectivity index (χ1n) is 7.62. The summed E-state index contributed by atoms with van der Waals surface area (Å²) in [4.78, 5) is 0. The summed E-state index contributed by atoms with van der Waals surface area (Å²) >= 11 is 0. The third kappa shape index (κ3) is 3.18. The molecule has 19 heavy (non-hydrogen) atoms. The van der Waals surface area contributed by atoms with Gasteiger partial charge in [-0.25, -0.2) is 0 Å². The van der Waals surface area contributed by atoms with Gasteiger partial charge in [0.25, 0.3) is 0 Å². The van der Waals surface area contributed by atoms with E-state index in [-0.39, 0.29) is 5.60 Å². The molecule has 0 bridgehead atoms. The Balaban J connectivity index is 1.42. The van der Waals surface area contributed by atoms with Gasteiger partial charge < -0.3 is 10.1 Å². The summed E-state index contributed by atoms with van der Waals surface area (Å²) in [5.74, 6) is 0. The van der Waals surface area contributed by atoms with Crippen molar-refractivity contribution in [1.82, 2.24) is 15.1 Å². The average Bonchev–Trinajstić information content (AvgIpc) is 2.99. The fourth-order valence-corrected chi connectivity index (χ4v) is 3.54. The van der Waals surface area contributed by atoms with Gasteiger partial charge in [0.05, 0.1) is 17.9 Å². The SMILES string of the molecule is Cn1cc(CNCC2CCC3(CCCCC3)O2)cn1. The maximum absolute atomic E-state index is 6.35. The van der Waals surface area contributed by atoms with Crippen molar-refractivity contribution < 1.29 is 4.74 Å². The molecule has 0 aromatic carbocycles. The van der Waals surface area contributed by atoms with Gasteiger partial charge in [-0.15, -0.1) is 0 Å². The third-order valence-corrected chi connectivity index (χ3v) is 4.56. The fourth-order valence-electron chi connectivity index (χ4n) is 3.54. The van der Waals surface area contributed by atoms with Crippen molar-refractivity contribution in [2.45, 2.75) is 63.2 Å². The molecule has 1 aliphatic carbocycles. The average molecular weight is 263 g/mol. The standard InChI is InChI=1S/C15H25N3O/c1-18-12-13(10-17-18)9-16-11-14-5-8-15(19-14)6-3-2-4-7-15/h10,12,14,16H,2-9,11H2,1H3. The lowest BCUT2D eigenvalue weighted by molar-refractivity contribution is -0.0624. The zero-order valence-electron chi connectivity index (χ0n) is 11.9. The molecule has 2 heterocycles. The van der Waals surface area contributed by atoms with Crippen LogP contribution in [0.25, 0.3) is 0 Å². The van der Waals surface area contributed by atoms with Crippen LogP contribution in [0.4, 0.5) is 0 Å². The van der Waals surface area contributed by atoms with Crippen LogP contribution in [-0.4, -0.2) is 28.0 Å². The zero-order valence-corrected chi connectivity index (χ0v) is 11.9. The van der Waals surface area contributed by atoms with Crippen LogP contribution in [0.3, 0.4) is 0 Å². The number of nitrogens with zero attached hydrogens (tertiary/aromatic N) is 2. The van der Waals surface area contributed by atoms with Gasteiger partial charge in [-0.05, 0) is 25.7 Å². The Hall–Kier alpha value is -0.870. The largest absolute Gasteiger partial charge is 0.370 e. The summed E-state index contributed by atoms with van der Waals surface area (Å²) in [5, 5.41) is 7.68. The van der Waals surface area contributed by atoms with E-state index in [1.54, 1.807) is 0 Å². The predicted octanol–water partition coefficient (Wildman–Crippen LogP) is 2.39. The van der Waals surface area contributed by atoms with Crippen LogP contribution in [0.15, 0.2) is 12.4 Å². The molecule has 1 spiro atoms. The van der Waals surface area contributed by atoms with Crippen LogP contribution in [0.2, 0.25) is 0 Å². The van der Waals surface area contributed by atoms with Crippen molar-refractivity contribution in [2.24, 2.45) is 7.05 Å². The quantitative estimate of drug-likeness (QED) is 0.906. The van der Waals surface area contributed by atoms with Crippen LogP contribution in [0.5, 0.6) is 0 Å². The Morgan fingerprint density at radius 2 is 2.21 bits per heavy atom.